The maximum absolute atomic E-state index is 11.1. The van der Waals surface area contributed by atoms with Gasteiger partial charge in [0.2, 0.25) is 0 Å². The summed E-state index contributed by atoms with van der Waals surface area (Å²) in [5.74, 6) is 4.85. The van der Waals surface area contributed by atoms with Crippen LogP contribution in [0, 0.1) is 0 Å². The van der Waals surface area contributed by atoms with Crippen molar-refractivity contribution in [1.29, 1.82) is 0 Å². The van der Waals surface area contributed by atoms with Crippen molar-refractivity contribution in [2.45, 2.75) is 12.5 Å². The number of hydrogen-bond donors (Lipinski definition) is 3. The number of nitrogens with two attached hydrogens (primary N) is 2. The lowest BCUT2D eigenvalue weighted by Gasteiger charge is -2.09. The minimum atomic E-state index is -0.636. The van der Waals surface area contributed by atoms with E-state index in [0.29, 0.717) is 6.42 Å². The second kappa shape index (κ2) is 5.33. The Labute approximate surface area is 88.4 Å². The fourth-order valence-electron chi connectivity index (χ4n) is 1.28. The quantitative estimate of drug-likeness (QED) is 0.369. The number of carbonyl (C=O) groups excluding carboxylic acids is 1. The van der Waals surface area contributed by atoms with E-state index < -0.39 is 12.0 Å². The highest BCUT2D eigenvalue weighted by atomic mass is 16.5. The second-order valence-electron chi connectivity index (χ2n) is 3.18. The van der Waals surface area contributed by atoms with Crippen molar-refractivity contribution in [1.82, 2.24) is 0 Å². The Kier molecular flexibility index (Phi) is 4.08. The third-order valence-corrected chi connectivity index (χ3v) is 2.05. The largest absolute Gasteiger partial charge is 0.468 e. The number of esters is 1. The summed E-state index contributed by atoms with van der Waals surface area (Å²) in [4.78, 5) is 11.1. The average Bonchev–Trinajstić information content (AvgIpc) is 2.28. The minimum Gasteiger partial charge on any atom is -0.468 e. The molecule has 0 heterocycles. The van der Waals surface area contributed by atoms with E-state index in [1.807, 2.05) is 24.3 Å². The van der Waals surface area contributed by atoms with Crippen molar-refractivity contribution in [3.8, 4) is 0 Å². The minimum absolute atomic E-state index is 0.416. The first kappa shape index (κ1) is 11.5. The molecule has 0 bridgehead atoms. The van der Waals surface area contributed by atoms with Crippen LogP contribution in [0.5, 0.6) is 0 Å². The smallest absolute Gasteiger partial charge is 0.322 e. The number of benzene rings is 1. The molecule has 0 amide bonds. The van der Waals surface area contributed by atoms with Gasteiger partial charge in [-0.2, -0.15) is 0 Å². The van der Waals surface area contributed by atoms with Gasteiger partial charge in [0.15, 0.2) is 0 Å². The van der Waals surface area contributed by atoms with E-state index in [0.717, 1.165) is 11.3 Å². The summed E-state index contributed by atoms with van der Waals surface area (Å²) in [7, 11) is 1.32. The highest BCUT2D eigenvalue weighted by molar-refractivity contribution is 5.75. The predicted octanol–water partition coefficient (Wildman–Crippen LogP) is 0.0150. The molecule has 15 heavy (non-hydrogen) atoms. The molecule has 0 spiro atoms. The Morgan fingerprint density at radius 3 is 2.93 bits per heavy atom. The van der Waals surface area contributed by atoms with Gasteiger partial charge in [-0.25, -0.2) is 0 Å². The number of nitrogen functional groups attached to an aromatic ring is 1. The molecule has 1 aromatic rings. The number of carbonyl (C=O) groups is 1. The van der Waals surface area contributed by atoms with E-state index in [2.05, 4.69) is 10.2 Å². The van der Waals surface area contributed by atoms with Crippen LogP contribution in [0.25, 0.3) is 0 Å². The number of anilines is 1. The van der Waals surface area contributed by atoms with E-state index in [1.54, 1.807) is 0 Å². The molecule has 5 N–H and O–H groups in total. The molecule has 5 heteroatoms. The van der Waals surface area contributed by atoms with Gasteiger partial charge in [-0.3, -0.25) is 10.6 Å². The van der Waals surface area contributed by atoms with Crippen LogP contribution in [0.1, 0.15) is 5.56 Å². The van der Waals surface area contributed by atoms with Crippen LogP contribution >= 0.6 is 0 Å². The lowest BCUT2D eigenvalue weighted by atomic mass is 10.1. The Balaban J connectivity index is 2.67. The first-order valence-electron chi connectivity index (χ1n) is 4.56. The molecule has 0 radical (unpaired) electrons. The maximum Gasteiger partial charge on any atom is 0.322 e. The maximum atomic E-state index is 11.1. The lowest BCUT2D eigenvalue weighted by molar-refractivity contribution is -0.142. The van der Waals surface area contributed by atoms with Gasteiger partial charge in [0, 0.05) is 5.69 Å². The van der Waals surface area contributed by atoms with Crippen LogP contribution in [-0.2, 0) is 16.0 Å². The van der Waals surface area contributed by atoms with Crippen molar-refractivity contribution in [2.75, 3.05) is 12.5 Å². The molecule has 0 unspecified atom stereocenters. The monoisotopic (exact) mass is 209 g/mol. The van der Waals surface area contributed by atoms with Crippen molar-refractivity contribution < 1.29 is 9.53 Å². The first-order valence-corrected chi connectivity index (χ1v) is 4.56. The molecular formula is C10H15N3O2. The number of ether oxygens (including phenoxy) is 1. The van der Waals surface area contributed by atoms with Gasteiger partial charge >= 0.3 is 5.97 Å². The van der Waals surface area contributed by atoms with Crippen LogP contribution in [0.4, 0.5) is 5.69 Å². The van der Waals surface area contributed by atoms with Crippen LogP contribution in [0.3, 0.4) is 0 Å². The van der Waals surface area contributed by atoms with Crippen LogP contribution < -0.4 is 17.0 Å². The molecular weight excluding hydrogens is 194 g/mol. The highest BCUT2D eigenvalue weighted by Gasteiger charge is 2.13. The average molecular weight is 209 g/mol. The normalized spacial score (nSPS) is 11.9. The highest BCUT2D eigenvalue weighted by Crippen LogP contribution is 2.10. The topological polar surface area (TPSA) is 90.4 Å². The standard InChI is InChI=1S/C10H15N3O2/c1-15-10(14)9(11)6-7-3-2-4-8(5-7)13-12/h2-5,9,13H,6,11-12H2,1H3/t9-/m0/s1. The number of hydrazine groups is 1. The lowest BCUT2D eigenvalue weighted by Crippen LogP contribution is -2.33. The Morgan fingerprint density at radius 1 is 1.60 bits per heavy atom. The molecule has 82 valence electrons. The van der Waals surface area contributed by atoms with Gasteiger partial charge in [0.1, 0.15) is 6.04 Å². The summed E-state index contributed by atoms with van der Waals surface area (Å²) in [5, 5.41) is 0. The molecule has 0 aliphatic carbocycles. The number of nitrogens with one attached hydrogen (secondary N) is 1. The zero-order valence-corrected chi connectivity index (χ0v) is 8.57. The van der Waals surface area contributed by atoms with Gasteiger partial charge in [-0.1, -0.05) is 12.1 Å². The molecule has 1 aromatic carbocycles. The Bertz CT molecular complexity index is 341. The summed E-state index contributed by atoms with van der Waals surface area (Å²) >= 11 is 0. The van der Waals surface area contributed by atoms with E-state index in [-0.39, 0.29) is 0 Å². The summed E-state index contributed by atoms with van der Waals surface area (Å²) in [6, 6.07) is 6.75. The molecule has 5 nitrogen and oxygen atoms in total. The molecule has 0 aliphatic rings. The van der Waals surface area contributed by atoms with Crippen molar-refractivity contribution in [2.24, 2.45) is 11.6 Å². The molecule has 0 fully saturated rings. The summed E-state index contributed by atoms with van der Waals surface area (Å²) in [6.07, 6.45) is 0.433. The zero-order valence-electron chi connectivity index (χ0n) is 8.57. The molecule has 1 rings (SSSR count). The van der Waals surface area contributed by atoms with Gasteiger partial charge in [-0.05, 0) is 24.1 Å². The van der Waals surface area contributed by atoms with E-state index >= 15 is 0 Å². The Hall–Kier alpha value is -1.59. The fourth-order valence-corrected chi connectivity index (χ4v) is 1.28. The fraction of sp³-hybridized carbons (Fsp3) is 0.300. The Morgan fingerprint density at radius 2 is 2.33 bits per heavy atom. The molecule has 0 aromatic heterocycles. The van der Waals surface area contributed by atoms with E-state index in [9.17, 15) is 4.79 Å². The van der Waals surface area contributed by atoms with Gasteiger partial charge < -0.3 is 15.9 Å². The molecule has 0 saturated carbocycles. The van der Waals surface area contributed by atoms with Crippen LogP contribution in [0.2, 0.25) is 0 Å². The number of methoxy groups -OCH3 is 1. The second-order valence-corrected chi connectivity index (χ2v) is 3.18. The van der Waals surface area contributed by atoms with Gasteiger partial charge in [-0.15, -0.1) is 0 Å². The first-order chi connectivity index (χ1) is 7.17. The van der Waals surface area contributed by atoms with Crippen molar-refractivity contribution >= 4 is 11.7 Å². The van der Waals surface area contributed by atoms with Crippen LogP contribution in [-0.4, -0.2) is 19.1 Å². The van der Waals surface area contributed by atoms with Crippen LogP contribution in [0.15, 0.2) is 24.3 Å². The molecule has 0 saturated heterocycles. The third kappa shape index (κ3) is 3.23. The van der Waals surface area contributed by atoms with E-state index in [1.165, 1.54) is 7.11 Å². The molecule has 1 atom stereocenters. The number of hydrogen-bond acceptors (Lipinski definition) is 5. The van der Waals surface area contributed by atoms with Gasteiger partial charge in [0.05, 0.1) is 7.11 Å². The zero-order chi connectivity index (χ0) is 11.3. The van der Waals surface area contributed by atoms with Crippen molar-refractivity contribution in [3.63, 3.8) is 0 Å². The van der Waals surface area contributed by atoms with Crippen molar-refractivity contribution in [3.05, 3.63) is 29.8 Å². The third-order valence-electron chi connectivity index (χ3n) is 2.05. The predicted molar refractivity (Wildman–Crippen MR) is 57.9 cm³/mol. The summed E-state index contributed by atoms with van der Waals surface area (Å²) in [5.41, 5.74) is 9.87. The summed E-state index contributed by atoms with van der Waals surface area (Å²) in [6.45, 7) is 0. The van der Waals surface area contributed by atoms with Gasteiger partial charge in [0.25, 0.3) is 0 Å². The SMILES string of the molecule is COC(=O)[C@@H](N)Cc1cccc(NN)c1. The summed E-state index contributed by atoms with van der Waals surface area (Å²) < 4.78 is 4.54. The number of rotatable bonds is 4. The van der Waals surface area contributed by atoms with E-state index in [4.69, 9.17) is 11.6 Å². The molecule has 0 aliphatic heterocycles.